The number of amides is 5. The van der Waals surface area contributed by atoms with E-state index >= 15 is 0 Å². The molecule has 13 nitrogen and oxygen atoms in total. The van der Waals surface area contributed by atoms with Gasteiger partial charge in [-0.05, 0) is 44.9 Å². The second-order valence-corrected chi connectivity index (χ2v) is 13.7. The summed E-state index contributed by atoms with van der Waals surface area (Å²) >= 11 is 0. The van der Waals surface area contributed by atoms with E-state index in [4.69, 9.17) is 16.9 Å². The summed E-state index contributed by atoms with van der Waals surface area (Å²) in [6.45, 7) is 7.67. The van der Waals surface area contributed by atoms with Gasteiger partial charge in [0.05, 0.1) is 18.5 Å². The Hall–Kier alpha value is -3.87. The lowest BCUT2D eigenvalue weighted by atomic mass is 9.80. The van der Waals surface area contributed by atoms with Gasteiger partial charge in [0.2, 0.25) is 17.6 Å². The number of halogens is 3. The molecule has 0 aromatic carbocycles. The number of hydrogen-bond donors (Lipinski definition) is 5. The number of ether oxygens (including phenoxy) is 1. The normalized spacial score (nSPS) is 20.7. The molecule has 46 heavy (non-hydrogen) atoms. The highest BCUT2D eigenvalue weighted by Gasteiger charge is 2.47. The highest BCUT2D eigenvalue weighted by atomic mass is 19.4. The molecule has 0 aromatic heterocycles. The van der Waals surface area contributed by atoms with Crippen LogP contribution in [0.25, 0.3) is 0 Å². The highest BCUT2D eigenvalue weighted by molar-refractivity contribution is 6.37. The average Bonchev–Trinajstić information content (AvgIpc) is 3.32. The van der Waals surface area contributed by atoms with Crippen LogP contribution in [-0.2, 0) is 28.7 Å². The topological polar surface area (TPSA) is 189 Å². The van der Waals surface area contributed by atoms with Crippen molar-refractivity contribution >= 4 is 35.5 Å². The second-order valence-electron chi connectivity index (χ2n) is 13.7. The maximum absolute atomic E-state index is 14.0. The van der Waals surface area contributed by atoms with Gasteiger partial charge in [-0.1, -0.05) is 40.0 Å². The van der Waals surface area contributed by atoms with Crippen molar-refractivity contribution in [2.24, 2.45) is 23.0 Å². The number of nitrogens with two attached hydrogens (primary N) is 1. The van der Waals surface area contributed by atoms with E-state index in [1.807, 2.05) is 5.32 Å². The SMILES string of the molecule is C#C[C@H]1CCN(C(=O)[C@@H](NC(=O)NC(NCC(F)(F)F)C(=O)OC(C)(C)C)C(C)(C)C)[C@@H]1C(=O)NC(CC1CCC1)C(=O)C(N)=O. The third kappa shape index (κ3) is 11.2. The fraction of sp³-hybridized carbons (Fsp3) is 0.733. The Labute approximate surface area is 266 Å². The number of ketones is 1. The van der Waals surface area contributed by atoms with Crippen LogP contribution in [0.15, 0.2) is 0 Å². The van der Waals surface area contributed by atoms with Crippen LogP contribution in [0.4, 0.5) is 18.0 Å². The van der Waals surface area contributed by atoms with Crippen LogP contribution in [-0.4, -0.2) is 89.6 Å². The minimum absolute atomic E-state index is 0.00634. The standard InChI is InChI=1S/C30H45F3N6O7/c1-8-17-12-13-39(19(17)24(42)36-18(20(40)22(34)41)14-16-10-9-11-16)25(43)21(28(2,3)4)37-27(45)38-23(35-15-30(31,32)33)26(44)46-29(5,6)7/h1,16-19,21,23,35H,9-15H2,2-7H3,(H2,34,41)(H,36,42)(H2,37,38,45)/t17-,18?,19-,21+,23?/m0/s1. The number of alkyl halides is 3. The Morgan fingerprint density at radius 2 is 1.59 bits per heavy atom. The first-order valence-electron chi connectivity index (χ1n) is 15.0. The molecular weight excluding hydrogens is 613 g/mol. The number of carbonyl (C=O) groups excluding carboxylic acids is 6. The first kappa shape index (κ1) is 38.3. The van der Waals surface area contributed by atoms with Crippen LogP contribution in [0.2, 0.25) is 0 Å². The van der Waals surface area contributed by atoms with Crippen LogP contribution in [0.5, 0.6) is 0 Å². The Balaban J connectivity index is 2.29. The molecular formula is C30H45F3N6O7. The van der Waals surface area contributed by atoms with Crippen LogP contribution in [0.1, 0.15) is 73.6 Å². The van der Waals surface area contributed by atoms with Crippen molar-refractivity contribution in [3.63, 3.8) is 0 Å². The fourth-order valence-corrected chi connectivity index (χ4v) is 5.15. The van der Waals surface area contributed by atoms with E-state index in [9.17, 15) is 41.9 Å². The van der Waals surface area contributed by atoms with E-state index in [0.29, 0.717) is 0 Å². The molecule has 0 radical (unpaired) electrons. The number of rotatable bonds is 12. The van der Waals surface area contributed by atoms with Crippen molar-refractivity contribution in [2.75, 3.05) is 13.1 Å². The molecule has 0 spiro atoms. The van der Waals surface area contributed by atoms with Gasteiger partial charge in [-0.25, -0.2) is 9.59 Å². The largest absolute Gasteiger partial charge is 0.457 e. The maximum Gasteiger partial charge on any atom is 0.401 e. The quantitative estimate of drug-likeness (QED) is 0.0892. The van der Waals surface area contributed by atoms with E-state index in [-0.39, 0.29) is 25.3 Å². The van der Waals surface area contributed by atoms with Gasteiger partial charge in [0.1, 0.15) is 17.7 Å². The van der Waals surface area contributed by atoms with Crippen molar-refractivity contribution in [3.05, 3.63) is 0 Å². The number of primary amides is 1. The molecule has 1 heterocycles. The van der Waals surface area contributed by atoms with Crippen LogP contribution in [0.3, 0.4) is 0 Å². The molecule has 2 rings (SSSR count). The Kier molecular flexibility index (Phi) is 12.6. The lowest BCUT2D eigenvalue weighted by Gasteiger charge is -2.36. The van der Waals surface area contributed by atoms with Gasteiger partial charge in [-0.2, -0.15) is 13.2 Å². The van der Waals surface area contributed by atoms with Crippen molar-refractivity contribution in [1.82, 2.24) is 26.2 Å². The summed E-state index contributed by atoms with van der Waals surface area (Å²) in [5.41, 5.74) is 3.11. The van der Waals surface area contributed by atoms with Crippen LogP contribution in [0, 0.1) is 29.6 Å². The number of likely N-dealkylation sites (tertiary alicyclic amines) is 1. The molecule has 0 bridgehead atoms. The summed E-state index contributed by atoms with van der Waals surface area (Å²) < 4.78 is 43.9. The highest BCUT2D eigenvalue weighted by Crippen LogP contribution is 2.32. The zero-order valence-corrected chi connectivity index (χ0v) is 27.0. The molecule has 1 saturated heterocycles. The molecule has 2 fully saturated rings. The molecule has 1 saturated carbocycles. The van der Waals surface area contributed by atoms with Gasteiger partial charge in [0.15, 0.2) is 6.17 Å². The summed E-state index contributed by atoms with van der Waals surface area (Å²) in [5.74, 6) is -3.06. The molecule has 5 amide bonds. The van der Waals surface area contributed by atoms with E-state index < -0.39 is 89.5 Å². The van der Waals surface area contributed by atoms with E-state index in [2.05, 4.69) is 21.9 Å². The summed E-state index contributed by atoms with van der Waals surface area (Å²) in [5, 5.41) is 8.97. The van der Waals surface area contributed by atoms with Crippen molar-refractivity contribution in [3.8, 4) is 12.3 Å². The second kappa shape index (κ2) is 15.1. The number of carbonyl (C=O) groups is 6. The summed E-state index contributed by atoms with van der Waals surface area (Å²) in [6.07, 6.45) is 2.03. The van der Waals surface area contributed by atoms with Crippen molar-refractivity contribution in [2.45, 2.75) is 110 Å². The zero-order chi connectivity index (χ0) is 35.2. The number of terminal acetylenes is 1. The first-order valence-corrected chi connectivity index (χ1v) is 15.0. The van der Waals surface area contributed by atoms with Gasteiger partial charge in [0.25, 0.3) is 5.91 Å². The molecule has 2 aliphatic rings. The number of urea groups is 1. The summed E-state index contributed by atoms with van der Waals surface area (Å²) in [7, 11) is 0. The third-order valence-corrected chi connectivity index (χ3v) is 7.65. The first-order chi connectivity index (χ1) is 21.0. The predicted molar refractivity (Wildman–Crippen MR) is 159 cm³/mol. The number of Topliss-reactive ketones (excluding diaryl/α,β-unsaturated/α-hetero) is 1. The molecule has 258 valence electrons. The lowest BCUT2D eigenvalue weighted by Crippen LogP contribution is -2.63. The Morgan fingerprint density at radius 1 is 0.978 bits per heavy atom. The third-order valence-electron chi connectivity index (χ3n) is 7.65. The Morgan fingerprint density at radius 3 is 2.04 bits per heavy atom. The van der Waals surface area contributed by atoms with Crippen molar-refractivity contribution < 1.29 is 46.7 Å². The van der Waals surface area contributed by atoms with Crippen molar-refractivity contribution in [1.29, 1.82) is 0 Å². The van der Waals surface area contributed by atoms with E-state index in [0.717, 1.165) is 19.3 Å². The van der Waals surface area contributed by atoms with Gasteiger partial charge < -0.3 is 31.3 Å². The molecule has 16 heteroatoms. The minimum atomic E-state index is -4.72. The molecule has 0 aromatic rings. The van der Waals surface area contributed by atoms with E-state index in [1.165, 1.54) is 25.7 Å². The number of nitrogens with zero attached hydrogens (tertiary/aromatic N) is 1. The molecule has 1 aliphatic heterocycles. The monoisotopic (exact) mass is 658 g/mol. The van der Waals surface area contributed by atoms with Gasteiger partial charge in [-0.15, -0.1) is 12.3 Å². The summed E-state index contributed by atoms with van der Waals surface area (Å²) in [4.78, 5) is 78.6. The lowest BCUT2D eigenvalue weighted by molar-refractivity contribution is -0.160. The summed E-state index contributed by atoms with van der Waals surface area (Å²) in [6, 6.07) is -5.00. The van der Waals surface area contributed by atoms with Crippen LogP contribution >= 0.6 is 0 Å². The minimum Gasteiger partial charge on any atom is -0.457 e. The van der Waals surface area contributed by atoms with Gasteiger partial charge in [0, 0.05) is 6.54 Å². The molecule has 5 atom stereocenters. The zero-order valence-electron chi connectivity index (χ0n) is 27.0. The maximum atomic E-state index is 14.0. The molecule has 2 unspecified atom stereocenters. The van der Waals surface area contributed by atoms with E-state index in [1.54, 1.807) is 20.8 Å². The fourth-order valence-electron chi connectivity index (χ4n) is 5.15. The smallest absolute Gasteiger partial charge is 0.401 e. The number of esters is 1. The van der Waals surface area contributed by atoms with Gasteiger partial charge in [-0.3, -0.25) is 24.5 Å². The number of nitrogens with one attached hydrogen (secondary N) is 4. The Bertz CT molecular complexity index is 1220. The molecule has 1 aliphatic carbocycles. The number of hydrogen-bond acceptors (Lipinski definition) is 8. The van der Waals surface area contributed by atoms with Crippen LogP contribution < -0.4 is 27.0 Å². The van der Waals surface area contributed by atoms with Gasteiger partial charge >= 0.3 is 18.2 Å². The average molecular weight is 659 g/mol. The molecule has 6 N–H and O–H groups in total. The predicted octanol–water partition coefficient (Wildman–Crippen LogP) is 1.10.